The Morgan fingerprint density at radius 1 is 1.17 bits per heavy atom. The first kappa shape index (κ1) is 16.8. The highest BCUT2D eigenvalue weighted by atomic mass is 35.5. The Kier molecular flexibility index (Phi) is 5.24. The van der Waals surface area contributed by atoms with Crippen LogP contribution in [-0.4, -0.2) is 43.8 Å². The van der Waals surface area contributed by atoms with Gasteiger partial charge in [-0.25, -0.2) is 9.97 Å². The first-order chi connectivity index (χ1) is 10.7. The SMILES string of the molecule is CNCc1nn(C)c2c(Nc3cnccn3)nc(NC)nc12.Cl. The van der Waals surface area contributed by atoms with Crippen LogP contribution in [0.1, 0.15) is 5.69 Å². The molecule has 3 aromatic heterocycles. The summed E-state index contributed by atoms with van der Waals surface area (Å²) >= 11 is 0. The molecule has 23 heavy (non-hydrogen) atoms. The minimum absolute atomic E-state index is 0. The van der Waals surface area contributed by atoms with E-state index in [2.05, 4.69) is 41.0 Å². The van der Waals surface area contributed by atoms with Gasteiger partial charge in [-0.05, 0) is 7.05 Å². The van der Waals surface area contributed by atoms with Crippen molar-refractivity contribution in [3.05, 3.63) is 24.3 Å². The van der Waals surface area contributed by atoms with Gasteiger partial charge >= 0.3 is 0 Å². The minimum Gasteiger partial charge on any atom is -0.357 e. The van der Waals surface area contributed by atoms with Crippen LogP contribution < -0.4 is 16.0 Å². The molecule has 0 bridgehead atoms. The third-order valence-electron chi connectivity index (χ3n) is 3.13. The first-order valence-corrected chi connectivity index (χ1v) is 6.82. The molecule has 0 fully saturated rings. The Bertz CT molecular complexity index is 787. The molecule has 3 N–H and O–H groups in total. The summed E-state index contributed by atoms with van der Waals surface area (Å²) in [5, 5.41) is 13.7. The summed E-state index contributed by atoms with van der Waals surface area (Å²) in [4.78, 5) is 17.2. The molecule has 0 aliphatic heterocycles. The average Bonchev–Trinajstić information content (AvgIpc) is 2.85. The third-order valence-corrected chi connectivity index (χ3v) is 3.13. The highest BCUT2D eigenvalue weighted by molar-refractivity contribution is 5.90. The standard InChI is InChI=1S/C13H17N9.ClH/c1-14-6-8-10-11(22(3)21-8)12(20-13(15-2)19-10)18-9-7-16-4-5-17-9;/h4-5,7,14H,6H2,1-3H3,(H2,15,17,18,19,20);1H. The van der Waals surface area contributed by atoms with Gasteiger partial charge in [0.15, 0.2) is 5.82 Å². The topological polar surface area (TPSA) is 105 Å². The van der Waals surface area contributed by atoms with Crippen molar-refractivity contribution in [2.75, 3.05) is 24.7 Å². The van der Waals surface area contributed by atoms with E-state index in [9.17, 15) is 0 Å². The number of hydrogen-bond acceptors (Lipinski definition) is 8. The average molecular weight is 336 g/mol. The lowest BCUT2D eigenvalue weighted by Gasteiger charge is -2.08. The third kappa shape index (κ3) is 3.30. The maximum Gasteiger partial charge on any atom is 0.225 e. The molecule has 3 rings (SSSR count). The summed E-state index contributed by atoms with van der Waals surface area (Å²) < 4.78 is 1.76. The number of fused-ring (bicyclic) bond motifs is 1. The van der Waals surface area contributed by atoms with Crippen molar-refractivity contribution in [2.45, 2.75) is 6.54 Å². The van der Waals surface area contributed by atoms with Gasteiger partial charge in [0.2, 0.25) is 5.95 Å². The van der Waals surface area contributed by atoms with E-state index in [-0.39, 0.29) is 12.4 Å². The van der Waals surface area contributed by atoms with Crippen molar-refractivity contribution in [2.24, 2.45) is 7.05 Å². The normalized spacial score (nSPS) is 10.4. The molecule has 0 spiro atoms. The van der Waals surface area contributed by atoms with Crippen LogP contribution >= 0.6 is 12.4 Å². The first-order valence-electron chi connectivity index (χ1n) is 6.82. The number of nitrogens with one attached hydrogen (secondary N) is 3. The van der Waals surface area contributed by atoms with Gasteiger partial charge in [0.1, 0.15) is 22.5 Å². The van der Waals surface area contributed by atoms with Gasteiger partial charge in [-0.15, -0.1) is 12.4 Å². The molecule has 0 aliphatic carbocycles. The molecule has 0 unspecified atom stereocenters. The van der Waals surface area contributed by atoms with Gasteiger partial charge in [-0.2, -0.15) is 10.1 Å². The second-order valence-corrected chi connectivity index (χ2v) is 4.66. The van der Waals surface area contributed by atoms with E-state index in [1.54, 1.807) is 30.3 Å². The minimum atomic E-state index is 0. The smallest absolute Gasteiger partial charge is 0.225 e. The molecule has 0 aliphatic rings. The second kappa shape index (κ2) is 7.16. The lowest BCUT2D eigenvalue weighted by atomic mass is 10.3. The summed E-state index contributed by atoms with van der Waals surface area (Å²) in [5.41, 5.74) is 2.47. The summed E-state index contributed by atoms with van der Waals surface area (Å²) in [6.07, 6.45) is 4.88. The summed E-state index contributed by atoms with van der Waals surface area (Å²) in [5.74, 6) is 1.76. The maximum atomic E-state index is 4.51. The monoisotopic (exact) mass is 335 g/mol. The van der Waals surface area contributed by atoms with Crippen molar-refractivity contribution >= 4 is 41.0 Å². The van der Waals surface area contributed by atoms with Crippen molar-refractivity contribution in [3.63, 3.8) is 0 Å². The van der Waals surface area contributed by atoms with Crippen LogP contribution in [0.4, 0.5) is 17.6 Å². The Morgan fingerprint density at radius 2 is 2.00 bits per heavy atom. The van der Waals surface area contributed by atoms with Crippen molar-refractivity contribution in [3.8, 4) is 0 Å². The van der Waals surface area contributed by atoms with E-state index in [1.807, 2.05) is 14.1 Å². The number of hydrogen-bond donors (Lipinski definition) is 3. The Balaban J connectivity index is 0.00000192. The van der Waals surface area contributed by atoms with Crippen LogP contribution in [0.15, 0.2) is 18.6 Å². The van der Waals surface area contributed by atoms with E-state index in [0.717, 1.165) is 16.7 Å². The van der Waals surface area contributed by atoms with Crippen LogP contribution in [0.3, 0.4) is 0 Å². The number of halogens is 1. The van der Waals surface area contributed by atoms with Gasteiger partial charge < -0.3 is 16.0 Å². The Labute approximate surface area is 139 Å². The molecule has 122 valence electrons. The molecule has 0 radical (unpaired) electrons. The predicted molar refractivity (Wildman–Crippen MR) is 91.2 cm³/mol. The van der Waals surface area contributed by atoms with E-state index in [4.69, 9.17) is 0 Å². The van der Waals surface area contributed by atoms with Gasteiger partial charge in [0.05, 0.1) is 6.20 Å². The number of aryl methyl sites for hydroxylation is 1. The lowest BCUT2D eigenvalue weighted by Crippen LogP contribution is -2.07. The molecular formula is C13H18ClN9. The zero-order chi connectivity index (χ0) is 15.5. The van der Waals surface area contributed by atoms with E-state index in [1.165, 1.54) is 0 Å². The zero-order valence-corrected chi connectivity index (χ0v) is 13.8. The number of aromatic nitrogens is 6. The van der Waals surface area contributed by atoms with E-state index >= 15 is 0 Å². The number of anilines is 3. The van der Waals surface area contributed by atoms with Crippen LogP contribution in [0.2, 0.25) is 0 Å². The molecule has 10 heteroatoms. The zero-order valence-electron chi connectivity index (χ0n) is 13.0. The van der Waals surface area contributed by atoms with Gasteiger partial charge in [-0.3, -0.25) is 9.67 Å². The molecule has 9 nitrogen and oxygen atoms in total. The largest absolute Gasteiger partial charge is 0.357 e. The molecule has 0 saturated carbocycles. The Morgan fingerprint density at radius 3 is 2.65 bits per heavy atom. The highest BCUT2D eigenvalue weighted by Crippen LogP contribution is 2.26. The fourth-order valence-corrected chi connectivity index (χ4v) is 2.21. The van der Waals surface area contributed by atoms with Crippen molar-refractivity contribution in [1.82, 2.24) is 35.0 Å². The Hall–Kier alpha value is -2.52. The molecule has 0 aromatic carbocycles. The predicted octanol–water partition coefficient (Wildman–Crippen LogP) is 1.08. The summed E-state index contributed by atoms with van der Waals surface area (Å²) in [6, 6.07) is 0. The summed E-state index contributed by atoms with van der Waals surface area (Å²) in [6.45, 7) is 0.627. The van der Waals surface area contributed by atoms with Gasteiger partial charge in [0, 0.05) is 33.0 Å². The van der Waals surface area contributed by atoms with Crippen LogP contribution in [0, 0.1) is 0 Å². The van der Waals surface area contributed by atoms with Gasteiger partial charge in [0.25, 0.3) is 0 Å². The van der Waals surface area contributed by atoms with E-state index < -0.39 is 0 Å². The number of rotatable bonds is 5. The highest BCUT2D eigenvalue weighted by Gasteiger charge is 2.17. The quantitative estimate of drug-likeness (QED) is 0.636. The second-order valence-electron chi connectivity index (χ2n) is 4.66. The molecule has 3 aromatic rings. The van der Waals surface area contributed by atoms with Gasteiger partial charge in [-0.1, -0.05) is 0 Å². The molecule has 0 saturated heterocycles. The lowest BCUT2D eigenvalue weighted by molar-refractivity contribution is 0.726. The molecule has 0 atom stereocenters. The molecule has 3 heterocycles. The fourth-order valence-electron chi connectivity index (χ4n) is 2.21. The maximum absolute atomic E-state index is 4.51. The van der Waals surface area contributed by atoms with Crippen LogP contribution in [0.25, 0.3) is 11.0 Å². The molecular weight excluding hydrogens is 318 g/mol. The summed E-state index contributed by atoms with van der Waals surface area (Å²) in [7, 11) is 5.52. The van der Waals surface area contributed by atoms with Crippen LogP contribution in [0.5, 0.6) is 0 Å². The fraction of sp³-hybridized carbons (Fsp3) is 0.308. The number of nitrogens with zero attached hydrogens (tertiary/aromatic N) is 6. The molecule has 0 amide bonds. The van der Waals surface area contributed by atoms with Crippen LogP contribution in [-0.2, 0) is 13.6 Å². The van der Waals surface area contributed by atoms with Crippen molar-refractivity contribution in [1.29, 1.82) is 0 Å². The van der Waals surface area contributed by atoms with E-state index in [0.29, 0.717) is 24.1 Å². The van der Waals surface area contributed by atoms with Crippen molar-refractivity contribution < 1.29 is 0 Å².